The fourth-order valence-electron chi connectivity index (χ4n) is 3.05. The third-order valence-corrected chi connectivity index (χ3v) is 4.77. The van der Waals surface area contributed by atoms with Crippen molar-refractivity contribution < 1.29 is 14.7 Å². The molecule has 0 bridgehead atoms. The van der Waals surface area contributed by atoms with E-state index in [1.807, 2.05) is 13.0 Å². The van der Waals surface area contributed by atoms with E-state index in [4.69, 9.17) is 5.11 Å². The first-order chi connectivity index (χ1) is 10.4. The number of hydrogen-bond acceptors (Lipinski definition) is 2. The minimum atomic E-state index is -0.862. The highest BCUT2D eigenvalue weighted by atomic mass is 16.4. The van der Waals surface area contributed by atoms with Gasteiger partial charge in [-0.05, 0) is 37.5 Å². The summed E-state index contributed by atoms with van der Waals surface area (Å²) in [6, 6.07) is 7.15. The van der Waals surface area contributed by atoms with Crippen LogP contribution in [0.1, 0.15) is 63.9 Å². The van der Waals surface area contributed by atoms with Gasteiger partial charge in [0.1, 0.15) is 0 Å². The van der Waals surface area contributed by atoms with Gasteiger partial charge in [-0.2, -0.15) is 0 Å². The summed E-state index contributed by atoms with van der Waals surface area (Å²) in [6.07, 6.45) is 6.44. The Kier molecular flexibility index (Phi) is 5.22. The van der Waals surface area contributed by atoms with E-state index in [2.05, 4.69) is 5.32 Å². The Balaban J connectivity index is 2.11. The average molecular weight is 303 g/mol. The molecule has 1 saturated carbocycles. The molecule has 1 aliphatic rings. The van der Waals surface area contributed by atoms with Gasteiger partial charge in [-0.15, -0.1) is 0 Å². The van der Waals surface area contributed by atoms with Crippen LogP contribution in [-0.4, -0.2) is 17.0 Å². The number of nitrogens with one attached hydrogen (secondary N) is 1. The number of benzene rings is 1. The predicted octanol–water partition coefficient (Wildman–Crippen LogP) is 4.17. The first-order valence-electron chi connectivity index (χ1n) is 8.07. The van der Waals surface area contributed by atoms with Crippen molar-refractivity contribution in [2.45, 2.75) is 58.3 Å². The summed E-state index contributed by atoms with van der Waals surface area (Å²) in [5, 5.41) is 12.1. The summed E-state index contributed by atoms with van der Waals surface area (Å²) in [6.45, 7) is 3.69. The lowest BCUT2D eigenvalue weighted by Gasteiger charge is -2.26. The smallest absolute Gasteiger partial charge is 0.310 e. The Bertz CT molecular complexity index is 545. The van der Waals surface area contributed by atoms with Gasteiger partial charge in [-0.1, -0.05) is 44.7 Å². The second-order valence-corrected chi connectivity index (χ2v) is 6.61. The molecule has 1 atom stereocenters. The number of amides is 1. The Hall–Kier alpha value is -1.84. The van der Waals surface area contributed by atoms with E-state index in [0.29, 0.717) is 11.3 Å². The van der Waals surface area contributed by atoms with Gasteiger partial charge >= 0.3 is 5.97 Å². The molecule has 0 spiro atoms. The zero-order valence-corrected chi connectivity index (χ0v) is 13.4. The number of carbonyl (C=O) groups is 2. The van der Waals surface area contributed by atoms with Crippen LogP contribution >= 0.6 is 0 Å². The van der Waals surface area contributed by atoms with Crippen molar-refractivity contribution in [1.82, 2.24) is 0 Å². The van der Waals surface area contributed by atoms with Crippen molar-refractivity contribution in [3.05, 3.63) is 29.8 Å². The minimum absolute atomic E-state index is 0.0505. The van der Waals surface area contributed by atoms with Crippen LogP contribution in [0.25, 0.3) is 0 Å². The number of carbonyl (C=O) groups excluding carboxylic acids is 1. The van der Waals surface area contributed by atoms with Crippen LogP contribution < -0.4 is 5.32 Å². The van der Waals surface area contributed by atoms with Crippen molar-refractivity contribution in [1.29, 1.82) is 0 Å². The van der Waals surface area contributed by atoms with Crippen molar-refractivity contribution >= 4 is 17.6 Å². The van der Waals surface area contributed by atoms with Gasteiger partial charge in [0.25, 0.3) is 0 Å². The molecule has 1 aromatic carbocycles. The third kappa shape index (κ3) is 3.87. The monoisotopic (exact) mass is 303 g/mol. The van der Waals surface area contributed by atoms with E-state index in [0.717, 1.165) is 25.7 Å². The summed E-state index contributed by atoms with van der Waals surface area (Å²) in [5.74, 6) is -1.39. The van der Waals surface area contributed by atoms with Gasteiger partial charge in [0, 0.05) is 11.1 Å². The molecular formula is C18H25NO3. The molecule has 4 heteroatoms. The van der Waals surface area contributed by atoms with Gasteiger partial charge in [0.2, 0.25) is 5.91 Å². The average Bonchev–Trinajstić information content (AvgIpc) is 2.72. The minimum Gasteiger partial charge on any atom is -0.481 e. The molecule has 0 heterocycles. The van der Waals surface area contributed by atoms with Crippen LogP contribution in [0.3, 0.4) is 0 Å². The molecule has 1 amide bonds. The number of aliphatic carboxylic acids is 1. The molecule has 1 aromatic rings. The third-order valence-electron chi connectivity index (χ3n) is 4.77. The number of rotatable bonds is 4. The Morgan fingerprint density at radius 3 is 2.41 bits per heavy atom. The predicted molar refractivity (Wildman–Crippen MR) is 86.9 cm³/mol. The van der Waals surface area contributed by atoms with E-state index in [9.17, 15) is 9.59 Å². The molecule has 0 radical (unpaired) electrons. The molecule has 2 rings (SSSR count). The van der Waals surface area contributed by atoms with Gasteiger partial charge in [0.15, 0.2) is 0 Å². The highest BCUT2D eigenvalue weighted by Gasteiger charge is 2.33. The normalized spacial score (nSPS) is 19.0. The zero-order chi connectivity index (χ0) is 16.2. The van der Waals surface area contributed by atoms with Crippen molar-refractivity contribution in [2.24, 2.45) is 5.41 Å². The van der Waals surface area contributed by atoms with Crippen molar-refractivity contribution in [2.75, 3.05) is 5.32 Å². The van der Waals surface area contributed by atoms with Crippen molar-refractivity contribution in [3.8, 4) is 0 Å². The summed E-state index contributed by atoms with van der Waals surface area (Å²) in [5.41, 5.74) is 1.07. The molecule has 1 fully saturated rings. The van der Waals surface area contributed by atoms with E-state index >= 15 is 0 Å². The second kappa shape index (κ2) is 6.95. The molecule has 120 valence electrons. The summed E-state index contributed by atoms with van der Waals surface area (Å²) < 4.78 is 0. The lowest BCUT2D eigenvalue weighted by molar-refractivity contribution is -0.138. The fourth-order valence-corrected chi connectivity index (χ4v) is 3.05. The van der Waals surface area contributed by atoms with Crippen LogP contribution in [0.5, 0.6) is 0 Å². The van der Waals surface area contributed by atoms with Gasteiger partial charge in [-0.3, -0.25) is 9.59 Å². The maximum atomic E-state index is 12.6. The van der Waals surface area contributed by atoms with Gasteiger partial charge in [-0.25, -0.2) is 0 Å². The van der Waals surface area contributed by atoms with E-state index in [-0.39, 0.29) is 11.3 Å². The maximum absolute atomic E-state index is 12.6. The maximum Gasteiger partial charge on any atom is 0.310 e. The number of carboxylic acid groups (broad SMARTS) is 1. The second-order valence-electron chi connectivity index (χ2n) is 6.61. The SMILES string of the molecule is CC(C(=O)O)c1cccc(NC(=O)C2(C)CCCCCC2)c1. The van der Waals surface area contributed by atoms with E-state index in [1.54, 1.807) is 25.1 Å². The Morgan fingerprint density at radius 1 is 1.18 bits per heavy atom. The largest absolute Gasteiger partial charge is 0.481 e. The molecule has 0 saturated heterocycles. The summed E-state index contributed by atoms with van der Waals surface area (Å²) >= 11 is 0. The van der Waals surface area contributed by atoms with Crippen LogP contribution in [-0.2, 0) is 9.59 Å². The molecule has 4 nitrogen and oxygen atoms in total. The molecule has 0 aromatic heterocycles. The quantitative estimate of drug-likeness (QED) is 0.820. The first kappa shape index (κ1) is 16.5. The van der Waals surface area contributed by atoms with Crippen LogP contribution in [0.4, 0.5) is 5.69 Å². The summed E-state index contributed by atoms with van der Waals surface area (Å²) in [7, 11) is 0. The molecular weight excluding hydrogens is 278 g/mol. The van der Waals surface area contributed by atoms with Gasteiger partial charge in [0.05, 0.1) is 5.92 Å². The molecule has 0 aliphatic heterocycles. The molecule has 2 N–H and O–H groups in total. The molecule has 22 heavy (non-hydrogen) atoms. The lowest BCUT2D eigenvalue weighted by Crippen LogP contribution is -2.33. The fraction of sp³-hybridized carbons (Fsp3) is 0.556. The van der Waals surface area contributed by atoms with Crippen LogP contribution in [0.15, 0.2) is 24.3 Å². The Labute approximate surface area is 131 Å². The van der Waals surface area contributed by atoms with Crippen molar-refractivity contribution in [3.63, 3.8) is 0 Å². The van der Waals surface area contributed by atoms with Crippen LogP contribution in [0.2, 0.25) is 0 Å². The van der Waals surface area contributed by atoms with Crippen LogP contribution in [0, 0.1) is 5.41 Å². The molecule has 1 aliphatic carbocycles. The zero-order valence-electron chi connectivity index (χ0n) is 13.4. The molecule has 1 unspecified atom stereocenters. The standard InChI is InChI=1S/C18H25NO3/c1-13(16(20)21)14-8-7-9-15(12-14)19-17(22)18(2)10-5-3-4-6-11-18/h7-9,12-13H,3-6,10-11H2,1-2H3,(H,19,22)(H,20,21). The van der Waals surface area contributed by atoms with E-state index in [1.165, 1.54) is 12.8 Å². The first-order valence-corrected chi connectivity index (χ1v) is 8.07. The number of hydrogen-bond donors (Lipinski definition) is 2. The van der Waals surface area contributed by atoms with Gasteiger partial charge < -0.3 is 10.4 Å². The van der Waals surface area contributed by atoms with E-state index < -0.39 is 11.9 Å². The highest BCUT2D eigenvalue weighted by Crippen LogP contribution is 2.35. The topological polar surface area (TPSA) is 66.4 Å². The summed E-state index contributed by atoms with van der Waals surface area (Å²) in [4.78, 5) is 23.7. The lowest BCUT2D eigenvalue weighted by atomic mass is 9.81. The highest BCUT2D eigenvalue weighted by molar-refractivity contribution is 5.95. The number of anilines is 1. The number of carboxylic acids is 1. The Morgan fingerprint density at radius 2 is 1.82 bits per heavy atom.